The topological polar surface area (TPSA) is 59.6 Å². The van der Waals surface area contributed by atoms with Crippen LogP contribution in [0.15, 0.2) is 78.9 Å². The van der Waals surface area contributed by atoms with Gasteiger partial charge in [0.2, 0.25) is 5.91 Å². The van der Waals surface area contributed by atoms with Crippen LogP contribution in [0.5, 0.6) is 11.5 Å². The van der Waals surface area contributed by atoms with Crippen LogP contribution in [0.2, 0.25) is 0 Å². The summed E-state index contributed by atoms with van der Waals surface area (Å²) < 4.78 is 11.6. The van der Waals surface area contributed by atoms with E-state index in [2.05, 4.69) is 48.7 Å². The normalized spacial score (nSPS) is 10.6. The molecule has 0 saturated heterocycles. The summed E-state index contributed by atoms with van der Waals surface area (Å²) in [6.07, 6.45) is 1.95. The lowest BCUT2D eigenvalue weighted by Gasteiger charge is -2.14. The number of amides is 1. The Morgan fingerprint density at radius 2 is 1.59 bits per heavy atom. The molecule has 0 aliphatic rings. The minimum atomic E-state index is -0.125. The monoisotopic (exact) mass is 432 g/mol. The second kappa shape index (κ2) is 12.4. The summed E-state index contributed by atoms with van der Waals surface area (Å²) in [6.45, 7) is 5.64. The standard InChI is InChI=1S/C27H32N2O3/c1-21(2)20-32-26-13-7-6-12-25(26)28-19-27(30)29-23-14-16-24(17-15-23)31-18-8-11-22-9-4-3-5-10-22/h3-7,9-10,12-17,21,28H,8,11,18-20H2,1-2H3,(H,29,30). The molecule has 0 bridgehead atoms. The van der Waals surface area contributed by atoms with Gasteiger partial charge in [0, 0.05) is 5.69 Å². The van der Waals surface area contributed by atoms with Crippen molar-refractivity contribution in [3.05, 3.63) is 84.4 Å². The average Bonchev–Trinajstić information content (AvgIpc) is 2.81. The Kier molecular flexibility index (Phi) is 8.99. The maximum absolute atomic E-state index is 12.3. The fourth-order valence-electron chi connectivity index (χ4n) is 3.12. The average molecular weight is 433 g/mol. The summed E-state index contributed by atoms with van der Waals surface area (Å²) in [5.74, 6) is 1.86. The number of nitrogens with one attached hydrogen (secondary N) is 2. The smallest absolute Gasteiger partial charge is 0.243 e. The van der Waals surface area contributed by atoms with Gasteiger partial charge in [0.15, 0.2) is 0 Å². The van der Waals surface area contributed by atoms with E-state index in [1.54, 1.807) is 0 Å². The first-order chi connectivity index (χ1) is 15.6. The first-order valence-electron chi connectivity index (χ1n) is 11.1. The van der Waals surface area contributed by atoms with Crippen molar-refractivity contribution < 1.29 is 14.3 Å². The molecule has 0 atom stereocenters. The van der Waals surface area contributed by atoms with Gasteiger partial charge in [0.25, 0.3) is 0 Å². The lowest BCUT2D eigenvalue weighted by atomic mass is 10.1. The molecule has 0 aliphatic heterocycles. The molecule has 3 rings (SSSR count). The highest BCUT2D eigenvalue weighted by atomic mass is 16.5. The van der Waals surface area contributed by atoms with Crippen molar-refractivity contribution >= 4 is 17.3 Å². The molecule has 5 heteroatoms. The van der Waals surface area contributed by atoms with Crippen LogP contribution in [0.3, 0.4) is 0 Å². The quantitative estimate of drug-likeness (QED) is 0.356. The molecule has 0 aromatic heterocycles. The van der Waals surface area contributed by atoms with Crippen molar-refractivity contribution in [2.24, 2.45) is 5.92 Å². The Morgan fingerprint density at radius 3 is 2.34 bits per heavy atom. The molecule has 0 heterocycles. The van der Waals surface area contributed by atoms with Gasteiger partial charge in [-0.15, -0.1) is 0 Å². The first-order valence-corrected chi connectivity index (χ1v) is 11.1. The zero-order valence-corrected chi connectivity index (χ0v) is 18.8. The molecule has 2 N–H and O–H groups in total. The van der Waals surface area contributed by atoms with Crippen LogP contribution in [0.4, 0.5) is 11.4 Å². The fourth-order valence-corrected chi connectivity index (χ4v) is 3.12. The number of rotatable bonds is 12. The summed E-state index contributed by atoms with van der Waals surface area (Å²) in [4.78, 5) is 12.3. The van der Waals surface area contributed by atoms with Crippen molar-refractivity contribution in [1.29, 1.82) is 0 Å². The van der Waals surface area contributed by atoms with E-state index in [0.29, 0.717) is 19.1 Å². The summed E-state index contributed by atoms with van der Waals surface area (Å²) in [6, 6.07) is 25.5. The Labute approximate surface area is 190 Å². The lowest BCUT2D eigenvalue weighted by Crippen LogP contribution is -2.22. The van der Waals surface area contributed by atoms with E-state index >= 15 is 0 Å². The molecule has 1 amide bonds. The summed E-state index contributed by atoms with van der Waals surface area (Å²) in [7, 11) is 0. The van der Waals surface area contributed by atoms with E-state index in [1.807, 2.05) is 54.6 Å². The van der Waals surface area contributed by atoms with Gasteiger partial charge >= 0.3 is 0 Å². The maximum atomic E-state index is 12.3. The second-order valence-corrected chi connectivity index (χ2v) is 8.06. The zero-order chi connectivity index (χ0) is 22.6. The Balaban J connectivity index is 1.40. The number of benzene rings is 3. The van der Waals surface area contributed by atoms with Crippen LogP contribution < -0.4 is 20.1 Å². The highest BCUT2D eigenvalue weighted by Gasteiger charge is 2.07. The molecule has 168 valence electrons. The molecular formula is C27H32N2O3. The number of carbonyl (C=O) groups excluding carboxylic acids is 1. The van der Waals surface area contributed by atoms with Crippen LogP contribution in [0.25, 0.3) is 0 Å². The SMILES string of the molecule is CC(C)COc1ccccc1NCC(=O)Nc1ccc(OCCCc2ccccc2)cc1. The summed E-state index contributed by atoms with van der Waals surface area (Å²) in [5, 5.41) is 6.05. The Morgan fingerprint density at radius 1 is 0.875 bits per heavy atom. The predicted molar refractivity (Wildman–Crippen MR) is 131 cm³/mol. The summed E-state index contributed by atoms with van der Waals surface area (Å²) in [5.41, 5.74) is 2.86. The molecule has 3 aromatic rings. The summed E-state index contributed by atoms with van der Waals surface area (Å²) >= 11 is 0. The van der Waals surface area contributed by atoms with Crippen LogP contribution in [0, 0.1) is 5.92 Å². The van der Waals surface area contributed by atoms with Crippen molar-refractivity contribution in [2.75, 3.05) is 30.4 Å². The molecule has 0 unspecified atom stereocenters. The molecular weight excluding hydrogens is 400 g/mol. The van der Waals surface area contributed by atoms with E-state index in [1.165, 1.54) is 5.56 Å². The highest BCUT2D eigenvalue weighted by molar-refractivity contribution is 5.94. The molecule has 3 aromatic carbocycles. The van der Waals surface area contributed by atoms with Crippen LogP contribution in [-0.4, -0.2) is 25.7 Å². The molecule has 5 nitrogen and oxygen atoms in total. The van der Waals surface area contributed by atoms with Crippen molar-refractivity contribution in [3.63, 3.8) is 0 Å². The van der Waals surface area contributed by atoms with Crippen molar-refractivity contribution in [2.45, 2.75) is 26.7 Å². The third-order valence-corrected chi connectivity index (χ3v) is 4.76. The number of hydrogen-bond donors (Lipinski definition) is 2. The fraction of sp³-hybridized carbons (Fsp3) is 0.296. The molecule has 0 aliphatic carbocycles. The third-order valence-electron chi connectivity index (χ3n) is 4.76. The number of aryl methyl sites for hydroxylation is 1. The van der Waals surface area contributed by atoms with Gasteiger partial charge in [-0.3, -0.25) is 4.79 Å². The van der Waals surface area contributed by atoms with E-state index < -0.39 is 0 Å². The molecule has 0 radical (unpaired) electrons. The van der Waals surface area contributed by atoms with E-state index in [4.69, 9.17) is 9.47 Å². The van der Waals surface area contributed by atoms with Crippen molar-refractivity contribution in [1.82, 2.24) is 0 Å². The van der Waals surface area contributed by atoms with Gasteiger partial charge in [-0.1, -0.05) is 56.3 Å². The maximum Gasteiger partial charge on any atom is 0.243 e. The number of para-hydroxylation sites is 2. The van der Waals surface area contributed by atoms with Gasteiger partial charge in [0.05, 0.1) is 25.4 Å². The van der Waals surface area contributed by atoms with Gasteiger partial charge in [-0.25, -0.2) is 0 Å². The Hall–Kier alpha value is -3.47. The predicted octanol–water partition coefficient (Wildman–Crippen LogP) is 5.78. The Bertz CT molecular complexity index is 956. The minimum Gasteiger partial charge on any atom is -0.494 e. The molecule has 0 spiro atoms. The van der Waals surface area contributed by atoms with E-state index in [9.17, 15) is 4.79 Å². The van der Waals surface area contributed by atoms with Crippen LogP contribution >= 0.6 is 0 Å². The zero-order valence-electron chi connectivity index (χ0n) is 18.8. The van der Waals surface area contributed by atoms with Gasteiger partial charge in [-0.05, 0) is 60.7 Å². The van der Waals surface area contributed by atoms with Gasteiger partial charge < -0.3 is 20.1 Å². The highest BCUT2D eigenvalue weighted by Crippen LogP contribution is 2.24. The lowest BCUT2D eigenvalue weighted by molar-refractivity contribution is -0.114. The van der Waals surface area contributed by atoms with Crippen LogP contribution in [0.1, 0.15) is 25.8 Å². The number of anilines is 2. The third kappa shape index (κ3) is 7.99. The van der Waals surface area contributed by atoms with Crippen LogP contribution in [-0.2, 0) is 11.2 Å². The van der Waals surface area contributed by atoms with Gasteiger partial charge in [0.1, 0.15) is 11.5 Å². The molecule has 0 fully saturated rings. The van der Waals surface area contributed by atoms with Gasteiger partial charge in [-0.2, -0.15) is 0 Å². The second-order valence-electron chi connectivity index (χ2n) is 8.06. The van der Waals surface area contributed by atoms with Crippen molar-refractivity contribution in [3.8, 4) is 11.5 Å². The number of ether oxygens (including phenoxy) is 2. The number of hydrogen-bond acceptors (Lipinski definition) is 4. The van der Waals surface area contributed by atoms with E-state index in [-0.39, 0.29) is 12.5 Å². The largest absolute Gasteiger partial charge is 0.494 e. The molecule has 0 saturated carbocycles. The molecule has 32 heavy (non-hydrogen) atoms. The minimum absolute atomic E-state index is 0.125. The first kappa shape index (κ1) is 23.2. The van der Waals surface area contributed by atoms with E-state index in [0.717, 1.165) is 35.7 Å². The number of carbonyl (C=O) groups is 1.